The minimum atomic E-state index is -0.726. The molecule has 0 saturated carbocycles. The summed E-state index contributed by atoms with van der Waals surface area (Å²) in [6, 6.07) is 35.1. The Morgan fingerprint density at radius 2 is 0.894 bits per heavy atom. The minimum absolute atomic E-state index is 0.715. The predicted octanol–water partition coefficient (Wildman–Crippen LogP) is 10.7. The highest BCUT2D eigenvalue weighted by atomic mass is 16.5. The molecule has 7 aromatic rings. The third kappa shape index (κ3) is 2.34. The van der Waals surface area contributed by atoms with E-state index in [1.807, 2.05) is 14.2 Å². The lowest BCUT2D eigenvalue weighted by Gasteiger charge is -2.50. The Bertz CT molecular complexity index is 2720. The summed E-state index contributed by atoms with van der Waals surface area (Å²) in [5.41, 5.74) is 22.9. The Labute approximate surface area is 273 Å². The van der Waals surface area contributed by atoms with Crippen LogP contribution >= 0.6 is 0 Å². The Morgan fingerprint density at radius 3 is 1.47 bits per heavy atom. The summed E-state index contributed by atoms with van der Waals surface area (Å²) >= 11 is 0. The molecule has 222 valence electrons. The molecule has 2 heteroatoms. The quantitative estimate of drug-likeness (QED) is 0.200. The largest absolute Gasteiger partial charge is 0.364 e. The van der Waals surface area contributed by atoms with Crippen LogP contribution in [0, 0.1) is 20.8 Å². The van der Waals surface area contributed by atoms with Crippen molar-refractivity contribution >= 4 is 21.5 Å². The molecule has 0 aliphatic heterocycles. The number of ether oxygens (including phenoxy) is 2. The topological polar surface area (TPSA) is 18.5 Å². The van der Waals surface area contributed by atoms with Crippen LogP contribution in [0.25, 0.3) is 77.2 Å². The van der Waals surface area contributed by atoms with E-state index in [0.717, 1.165) is 0 Å². The van der Waals surface area contributed by atoms with Crippen LogP contribution < -0.4 is 0 Å². The first-order chi connectivity index (χ1) is 22.9. The smallest absolute Gasteiger partial charge is 0.146 e. The summed E-state index contributed by atoms with van der Waals surface area (Å²) in [5, 5.41) is 5.15. The van der Waals surface area contributed by atoms with Crippen LogP contribution in [0.4, 0.5) is 0 Å². The normalized spacial score (nSPS) is 20.4. The lowest BCUT2D eigenvalue weighted by molar-refractivity contribution is 0.0229. The van der Waals surface area contributed by atoms with Crippen molar-refractivity contribution in [2.24, 2.45) is 0 Å². The summed E-state index contributed by atoms with van der Waals surface area (Å²) in [6.45, 7) is 6.69. The fourth-order valence-corrected chi connectivity index (χ4v) is 11.2. The van der Waals surface area contributed by atoms with Gasteiger partial charge in [0.2, 0.25) is 0 Å². The van der Waals surface area contributed by atoms with Crippen molar-refractivity contribution in [3.63, 3.8) is 0 Å². The molecule has 0 aromatic heterocycles. The maximum atomic E-state index is 7.08. The molecule has 0 saturated heterocycles. The van der Waals surface area contributed by atoms with E-state index in [9.17, 15) is 0 Å². The average molecular weight is 603 g/mol. The molecular formula is C45H30O2. The molecule has 0 spiro atoms. The van der Waals surface area contributed by atoms with Crippen molar-refractivity contribution in [3.8, 4) is 55.6 Å². The Kier molecular flexibility index (Phi) is 4.05. The Balaban J connectivity index is 1.35. The predicted molar refractivity (Wildman–Crippen MR) is 190 cm³/mol. The standard InChI is InChI=1S/C45H30O2/c1-21-17-22(2)35(23(3)18-21)26-19-25-10-12-30-32-15-14-31-29-11-9-24-7-6-8-27-28-13-16-33-34(20-26)37(25)39(30)45(47-5)42(32)41(31)44(46-4,38(29)36(24)27)40(28)43(33)45/h6-20H,1-5H3/t44-,45-/m1/s1. The molecule has 12 rings (SSSR count). The first kappa shape index (κ1) is 25.1. The number of hydrogen-bond acceptors (Lipinski definition) is 2. The van der Waals surface area contributed by atoms with Crippen molar-refractivity contribution in [1.82, 2.24) is 0 Å². The van der Waals surface area contributed by atoms with E-state index in [2.05, 4.69) is 112 Å². The van der Waals surface area contributed by atoms with E-state index in [1.165, 1.54) is 127 Å². The number of aryl methyl sites for hydroxylation is 3. The van der Waals surface area contributed by atoms with Crippen molar-refractivity contribution < 1.29 is 9.47 Å². The highest BCUT2D eigenvalue weighted by Gasteiger charge is 2.65. The molecule has 5 aliphatic carbocycles. The molecule has 0 N–H and O–H groups in total. The van der Waals surface area contributed by atoms with Gasteiger partial charge in [0.05, 0.1) is 0 Å². The summed E-state index contributed by atoms with van der Waals surface area (Å²) in [5.74, 6) is 0. The zero-order chi connectivity index (χ0) is 31.3. The highest BCUT2D eigenvalue weighted by molar-refractivity contribution is 6.17. The van der Waals surface area contributed by atoms with E-state index < -0.39 is 11.2 Å². The molecule has 2 atom stereocenters. The summed E-state index contributed by atoms with van der Waals surface area (Å²) in [6.07, 6.45) is 0. The first-order valence-corrected chi connectivity index (χ1v) is 16.7. The van der Waals surface area contributed by atoms with Gasteiger partial charge in [-0.25, -0.2) is 0 Å². The number of hydrogen-bond donors (Lipinski definition) is 0. The number of benzene rings is 7. The molecule has 2 nitrogen and oxygen atoms in total. The van der Waals surface area contributed by atoms with E-state index in [1.54, 1.807) is 0 Å². The van der Waals surface area contributed by atoms with Crippen molar-refractivity contribution in [3.05, 3.63) is 141 Å². The van der Waals surface area contributed by atoms with Gasteiger partial charge in [-0.1, -0.05) is 84.4 Å². The van der Waals surface area contributed by atoms with Gasteiger partial charge in [-0.15, -0.1) is 0 Å². The van der Waals surface area contributed by atoms with Crippen LogP contribution in [0.2, 0.25) is 0 Å². The molecule has 0 heterocycles. The molecule has 0 fully saturated rings. The second-order valence-electron chi connectivity index (χ2n) is 14.4. The summed E-state index contributed by atoms with van der Waals surface area (Å²) in [4.78, 5) is 0. The van der Waals surface area contributed by atoms with Crippen LogP contribution in [0.5, 0.6) is 0 Å². The molecule has 0 bridgehead atoms. The first-order valence-electron chi connectivity index (χ1n) is 16.7. The van der Waals surface area contributed by atoms with Crippen LogP contribution in [0.3, 0.4) is 0 Å². The van der Waals surface area contributed by atoms with Gasteiger partial charge in [0.25, 0.3) is 0 Å². The van der Waals surface area contributed by atoms with Gasteiger partial charge in [-0.3, -0.25) is 0 Å². The van der Waals surface area contributed by atoms with Gasteiger partial charge < -0.3 is 9.47 Å². The fraction of sp³-hybridized carbons (Fsp3) is 0.156. The van der Waals surface area contributed by atoms with Gasteiger partial charge in [-0.2, -0.15) is 0 Å². The monoisotopic (exact) mass is 602 g/mol. The molecular weight excluding hydrogens is 572 g/mol. The van der Waals surface area contributed by atoms with Crippen molar-refractivity contribution in [2.45, 2.75) is 32.0 Å². The number of fused-ring (bicyclic) bond motifs is 4. The van der Waals surface area contributed by atoms with Gasteiger partial charge >= 0.3 is 0 Å². The highest BCUT2D eigenvalue weighted by Crippen LogP contribution is 2.74. The summed E-state index contributed by atoms with van der Waals surface area (Å²) in [7, 11) is 3.85. The van der Waals surface area contributed by atoms with Crippen LogP contribution in [0.15, 0.2) is 91.0 Å². The second-order valence-corrected chi connectivity index (χ2v) is 14.4. The van der Waals surface area contributed by atoms with E-state index in [0.29, 0.717) is 0 Å². The fourth-order valence-electron chi connectivity index (χ4n) is 11.2. The van der Waals surface area contributed by atoms with Crippen molar-refractivity contribution in [2.75, 3.05) is 14.2 Å². The van der Waals surface area contributed by atoms with Crippen LogP contribution in [0.1, 0.15) is 50.1 Å². The van der Waals surface area contributed by atoms with Gasteiger partial charge in [0, 0.05) is 47.6 Å². The SMILES string of the molecule is CO[C@]12c3c4ccc5c3[C@]3(OC)c6c(ccc(c61)-c1cc(-c6c(C)cc(C)cc6C)cc6ccc-4c2c16)-c1cccc2ccc-5c3c12. The number of methoxy groups -OCH3 is 2. The maximum absolute atomic E-state index is 7.08. The molecule has 7 aromatic carbocycles. The Hall–Kier alpha value is -5.02. The van der Waals surface area contributed by atoms with Crippen molar-refractivity contribution in [1.29, 1.82) is 0 Å². The molecule has 5 aliphatic rings. The second kappa shape index (κ2) is 7.58. The maximum Gasteiger partial charge on any atom is 0.146 e. The van der Waals surface area contributed by atoms with Crippen LogP contribution in [-0.2, 0) is 20.7 Å². The summed E-state index contributed by atoms with van der Waals surface area (Å²) < 4.78 is 14.1. The van der Waals surface area contributed by atoms with Gasteiger partial charge in [0.15, 0.2) is 0 Å². The van der Waals surface area contributed by atoms with E-state index >= 15 is 0 Å². The van der Waals surface area contributed by atoms with E-state index in [4.69, 9.17) is 9.47 Å². The zero-order valence-corrected chi connectivity index (χ0v) is 27.0. The molecule has 47 heavy (non-hydrogen) atoms. The Morgan fingerprint density at radius 1 is 0.426 bits per heavy atom. The van der Waals surface area contributed by atoms with Gasteiger partial charge in [-0.05, 0) is 121 Å². The number of rotatable bonds is 3. The molecule has 0 amide bonds. The lowest BCUT2D eigenvalue weighted by Crippen LogP contribution is -2.46. The molecule has 0 unspecified atom stereocenters. The van der Waals surface area contributed by atoms with Gasteiger partial charge in [0.1, 0.15) is 11.2 Å². The van der Waals surface area contributed by atoms with Crippen LogP contribution in [-0.4, -0.2) is 14.2 Å². The average Bonchev–Trinajstić information content (AvgIpc) is 3.55. The zero-order valence-electron chi connectivity index (χ0n) is 27.0. The third-order valence-corrected chi connectivity index (χ3v) is 12.4. The molecule has 0 radical (unpaired) electrons. The third-order valence-electron chi connectivity index (χ3n) is 12.4. The van der Waals surface area contributed by atoms with E-state index in [-0.39, 0.29) is 0 Å². The minimum Gasteiger partial charge on any atom is -0.364 e. The lowest BCUT2D eigenvalue weighted by atomic mass is 9.58.